The lowest BCUT2D eigenvalue weighted by atomic mass is 10.1. The van der Waals surface area contributed by atoms with Gasteiger partial charge in [0, 0.05) is 45.9 Å². The van der Waals surface area contributed by atoms with Crippen molar-refractivity contribution in [3.63, 3.8) is 0 Å². The fourth-order valence-electron chi connectivity index (χ4n) is 3.29. The number of hydrogen-bond donors (Lipinski definition) is 3. The van der Waals surface area contributed by atoms with Crippen LogP contribution in [0.5, 0.6) is 0 Å². The van der Waals surface area contributed by atoms with Gasteiger partial charge < -0.3 is 25.2 Å². The third kappa shape index (κ3) is 5.86. The zero-order chi connectivity index (χ0) is 20.0. The summed E-state index contributed by atoms with van der Waals surface area (Å²) >= 11 is 1.22. The Hall–Kier alpha value is -1.26. The molecule has 0 saturated carbocycles. The number of hydrogen-bond acceptors (Lipinski definition) is 8. The number of nitrogens with one attached hydrogen (secondary N) is 1. The number of ether oxygens (including phenoxy) is 1. The Bertz CT molecular complexity index is 612. The number of aliphatic hydroxyl groups excluding tert-OH is 1. The Morgan fingerprint density at radius 2 is 2.30 bits per heavy atom. The molecule has 2 rings (SSSR count). The first-order valence-corrected chi connectivity index (χ1v) is 10.3. The Labute approximate surface area is 165 Å². The van der Waals surface area contributed by atoms with Gasteiger partial charge in [0.25, 0.3) is 0 Å². The molecule has 1 aromatic rings. The van der Waals surface area contributed by atoms with Crippen molar-refractivity contribution in [3.05, 3.63) is 10.6 Å². The second-order valence-corrected chi connectivity index (χ2v) is 8.03. The van der Waals surface area contributed by atoms with Crippen LogP contribution >= 0.6 is 11.3 Å². The number of carboxylic acids is 1. The predicted molar refractivity (Wildman–Crippen MR) is 107 cm³/mol. The molecule has 1 aliphatic heterocycles. The molecule has 1 aliphatic rings. The van der Waals surface area contributed by atoms with Crippen molar-refractivity contribution in [2.45, 2.75) is 51.5 Å². The van der Waals surface area contributed by atoms with Crippen LogP contribution in [0.25, 0.3) is 0 Å². The van der Waals surface area contributed by atoms with Crippen molar-refractivity contribution in [3.8, 4) is 0 Å². The molecule has 3 unspecified atom stereocenters. The van der Waals surface area contributed by atoms with Crippen molar-refractivity contribution < 1.29 is 19.7 Å². The van der Waals surface area contributed by atoms with Gasteiger partial charge in [-0.1, -0.05) is 18.3 Å². The lowest BCUT2D eigenvalue weighted by Crippen LogP contribution is -2.45. The maximum Gasteiger partial charge on any atom is 0.347 e. The monoisotopic (exact) mass is 400 g/mol. The summed E-state index contributed by atoms with van der Waals surface area (Å²) in [5.41, 5.74) is 0.577. The highest BCUT2D eigenvalue weighted by Crippen LogP contribution is 2.29. The molecule has 0 radical (unpaired) electrons. The molecule has 9 heteroatoms. The van der Waals surface area contributed by atoms with E-state index in [0.717, 1.165) is 25.9 Å². The number of likely N-dealkylation sites (tertiary alicyclic amines) is 1. The average Bonchev–Trinajstić information content (AvgIpc) is 3.24. The number of thiazole rings is 1. The standard InChI is InChI=1S/C18H32N4O4S/c1-5-7-22(11-15(26-4)12(2)19-3)18-20-14(16(27-18)17(24)25)10-21-8-6-13(23)9-21/h12-13,15,19,23H,5-11H2,1-4H3,(H,24,25). The zero-order valence-corrected chi connectivity index (χ0v) is 17.5. The minimum absolute atomic E-state index is 0.0316. The number of likely N-dealkylation sites (N-methyl/N-ethyl adjacent to an activating group) is 1. The van der Waals surface area contributed by atoms with Crippen molar-refractivity contribution in [2.75, 3.05) is 45.2 Å². The third-order valence-electron chi connectivity index (χ3n) is 4.98. The van der Waals surface area contributed by atoms with Crippen LogP contribution in [0.2, 0.25) is 0 Å². The summed E-state index contributed by atoms with van der Waals surface area (Å²) in [6, 6.07) is 0.166. The van der Waals surface area contributed by atoms with Gasteiger partial charge >= 0.3 is 5.97 Å². The van der Waals surface area contributed by atoms with E-state index in [9.17, 15) is 15.0 Å². The third-order valence-corrected chi connectivity index (χ3v) is 6.13. The highest BCUT2D eigenvalue weighted by molar-refractivity contribution is 7.17. The number of carboxylic acid groups (broad SMARTS) is 1. The minimum atomic E-state index is -0.947. The molecule has 1 aromatic heterocycles. The zero-order valence-electron chi connectivity index (χ0n) is 16.6. The molecule has 3 N–H and O–H groups in total. The molecular formula is C18H32N4O4S. The van der Waals surface area contributed by atoms with Gasteiger partial charge in [-0.3, -0.25) is 4.90 Å². The first-order valence-electron chi connectivity index (χ1n) is 9.47. The van der Waals surface area contributed by atoms with Crippen molar-refractivity contribution >= 4 is 22.4 Å². The van der Waals surface area contributed by atoms with Crippen LogP contribution < -0.4 is 10.2 Å². The molecule has 0 aliphatic carbocycles. The van der Waals surface area contributed by atoms with Gasteiger partial charge in [0.1, 0.15) is 4.88 Å². The Morgan fingerprint density at radius 1 is 1.56 bits per heavy atom. The molecule has 3 atom stereocenters. The summed E-state index contributed by atoms with van der Waals surface area (Å²) in [7, 11) is 3.59. The summed E-state index contributed by atoms with van der Waals surface area (Å²) < 4.78 is 5.63. The van der Waals surface area contributed by atoms with E-state index in [4.69, 9.17) is 4.74 Å². The van der Waals surface area contributed by atoms with Crippen LogP contribution in [-0.2, 0) is 11.3 Å². The molecule has 0 spiro atoms. The molecule has 154 valence electrons. The largest absolute Gasteiger partial charge is 0.477 e. The van der Waals surface area contributed by atoms with Crippen LogP contribution in [0.15, 0.2) is 0 Å². The minimum Gasteiger partial charge on any atom is -0.477 e. The number of methoxy groups -OCH3 is 1. The second-order valence-electron chi connectivity index (χ2n) is 7.05. The van der Waals surface area contributed by atoms with Gasteiger partial charge in [-0.15, -0.1) is 0 Å². The van der Waals surface area contributed by atoms with E-state index in [1.54, 1.807) is 7.11 Å². The summed E-state index contributed by atoms with van der Waals surface area (Å²) in [6.45, 7) is 7.36. The molecule has 0 bridgehead atoms. The fourth-order valence-corrected chi connectivity index (χ4v) is 4.24. The number of rotatable bonds is 11. The molecular weight excluding hydrogens is 368 g/mol. The van der Waals surface area contributed by atoms with E-state index < -0.39 is 5.97 Å². The number of aliphatic hydroxyl groups is 1. The number of anilines is 1. The van der Waals surface area contributed by atoms with Gasteiger partial charge in [0.05, 0.1) is 17.9 Å². The molecule has 1 fully saturated rings. The van der Waals surface area contributed by atoms with E-state index in [-0.39, 0.29) is 23.1 Å². The fraction of sp³-hybridized carbons (Fsp3) is 0.778. The lowest BCUT2D eigenvalue weighted by Gasteiger charge is -2.29. The highest BCUT2D eigenvalue weighted by Gasteiger charge is 2.27. The van der Waals surface area contributed by atoms with Gasteiger partial charge in [-0.25, -0.2) is 9.78 Å². The number of nitrogens with zero attached hydrogens (tertiary/aromatic N) is 3. The van der Waals surface area contributed by atoms with E-state index >= 15 is 0 Å². The van der Waals surface area contributed by atoms with Crippen molar-refractivity contribution in [1.82, 2.24) is 15.2 Å². The Kier molecular flexibility index (Phi) is 8.43. The van der Waals surface area contributed by atoms with Crippen LogP contribution in [0.1, 0.15) is 42.1 Å². The van der Waals surface area contributed by atoms with Crippen molar-refractivity contribution in [2.24, 2.45) is 0 Å². The first-order chi connectivity index (χ1) is 12.9. The number of aromatic nitrogens is 1. The number of aromatic carboxylic acids is 1. The van der Waals surface area contributed by atoms with E-state index in [2.05, 4.69) is 33.9 Å². The molecule has 27 heavy (non-hydrogen) atoms. The molecule has 0 aromatic carbocycles. The van der Waals surface area contributed by atoms with Crippen LogP contribution in [-0.4, -0.2) is 84.7 Å². The van der Waals surface area contributed by atoms with Gasteiger partial charge in [-0.2, -0.15) is 0 Å². The van der Waals surface area contributed by atoms with E-state index in [0.29, 0.717) is 30.5 Å². The summed E-state index contributed by atoms with van der Waals surface area (Å²) in [5, 5.41) is 23.3. The maximum atomic E-state index is 11.7. The van der Waals surface area contributed by atoms with Crippen LogP contribution in [0.3, 0.4) is 0 Å². The highest BCUT2D eigenvalue weighted by atomic mass is 32.1. The quantitative estimate of drug-likeness (QED) is 0.511. The smallest absolute Gasteiger partial charge is 0.347 e. The molecule has 0 amide bonds. The SMILES string of the molecule is CCCN(CC(OC)C(C)NC)c1nc(CN2CCC(O)C2)c(C(=O)O)s1. The van der Waals surface area contributed by atoms with Crippen LogP contribution in [0.4, 0.5) is 5.13 Å². The molecule has 8 nitrogen and oxygen atoms in total. The van der Waals surface area contributed by atoms with Gasteiger partial charge in [0.15, 0.2) is 5.13 Å². The van der Waals surface area contributed by atoms with E-state index in [1.807, 2.05) is 7.05 Å². The number of β-amino-alcohol motifs (C(OH)–C–C–N with tert-alkyl or cyclic N) is 1. The normalized spacial score (nSPS) is 20.0. The first kappa shape index (κ1) is 22.0. The second kappa shape index (κ2) is 10.3. The lowest BCUT2D eigenvalue weighted by molar-refractivity contribution is 0.0699. The summed E-state index contributed by atoms with van der Waals surface area (Å²) in [4.78, 5) is 20.9. The van der Waals surface area contributed by atoms with Gasteiger partial charge in [-0.05, 0) is 26.8 Å². The van der Waals surface area contributed by atoms with Crippen LogP contribution in [0, 0.1) is 0 Å². The Morgan fingerprint density at radius 3 is 2.81 bits per heavy atom. The maximum absolute atomic E-state index is 11.7. The molecule has 2 heterocycles. The van der Waals surface area contributed by atoms with E-state index in [1.165, 1.54) is 11.3 Å². The summed E-state index contributed by atoms with van der Waals surface area (Å²) in [6.07, 6.45) is 1.29. The molecule has 1 saturated heterocycles. The van der Waals surface area contributed by atoms with Crippen molar-refractivity contribution in [1.29, 1.82) is 0 Å². The summed E-state index contributed by atoms with van der Waals surface area (Å²) in [5.74, 6) is -0.947. The number of carbonyl (C=O) groups is 1. The predicted octanol–water partition coefficient (Wildman–Crippen LogP) is 1.25. The van der Waals surface area contributed by atoms with Gasteiger partial charge in [0.2, 0.25) is 0 Å². The Balaban J connectivity index is 2.22. The topological polar surface area (TPSA) is 98.2 Å². The average molecular weight is 401 g/mol.